The lowest BCUT2D eigenvalue weighted by Crippen LogP contribution is -2.34. The summed E-state index contributed by atoms with van der Waals surface area (Å²) in [4.78, 5) is 49.9. The van der Waals surface area contributed by atoms with Gasteiger partial charge in [0.25, 0.3) is 17.7 Å². The monoisotopic (exact) mass is 607 g/mol. The molecule has 3 aliphatic rings. The smallest absolute Gasteiger partial charge is 0.261 e. The highest BCUT2D eigenvalue weighted by Crippen LogP contribution is 2.42. The number of carbonyl (C=O) groups excluding carboxylic acids is 3. The summed E-state index contributed by atoms with van der Waals surface area (Å²) >= 11 is 1.48. The molecule has 4 aromatic rings. The largest absolute Gasteiger partial charge is 0.394 e. The van der Waals surface area contributed by atoms with Crippen molar-refractivity contribution in [3.63, 3.8) is 0 Å². The fourth-order valence-electron chi connectivity index (χ4n) is 6.06. The number of aliphatic hydroxyl groups excluding tert-OH is 1. The molecule has 2 fully saturated rings. The zero-order chi connectivity index (χ0) is 30.2. The number of fused-ring (bicyclic) bond motifs is 3. The van der Waals surface area contributed by atoms with Crippen LogP contribution >= 0.6 is 11.3 Å². The minimum atomic E-state index is -0.298. The Kier molecular flexibility index (Phi) is 7.61. The Bertz CT molecular complexity index is 1730. The molecule has 2 aromatic heterocycles. The van der Waals surface area contributed by atoms with Crippen LogP contribution in [0, 0.1) is 0 Å². The first-order valence-corrected chi connectivity index (χ1v) is 15.9. The van der Waals surface area contributed by atoms with E-state index in [1.807, 2.05) is 35.2 Å². The molecule has 0 unspecified atom stereocenters. The van der Waals surface area contributed by atoms with Gasteiger partial charge in [0.2, 0.25) is 0 Å². The second-order valence-electron chi connectivity index (χ2n) is 11.5. The number of hydrogen-bond acceptors (Lipinski definition) is 7. The third-order valence-corrected chi connectivity index (χ3v) is 9.73. The number of nitrogens with zero attached hydrogens (tertiary/aromatic N) is 3. The number of thiophene rings is 1. The van der Waals surface area contributed by atoms with E-state index in [1.165, 1.54) is 11.3 Å². The molecule has 9 nitrogen and oxygen atoms in total. The number of rotatable bonds is 7. The summed E-state index contributed by atoms with van der Waals surface area (Å²) in [6.07, 6.45) is 6.17. The standard InChI is InChI=1S/C34H33N5O4S/c40-20-25-5-4-17-38(25)31-27(7-3-16-35-31)32(41)36-23-11-9-21(10-12-23)34(43)39-18-15-22-19-29(33(42)37-24-13-14-24)44-30(22)26-6-1-2-8-28(26)39/h1-3,6-12,16,19,24-25,40H,4-5,13-15,17-18,20H2,(H,36,41)(H,37,42)/t25-/m0/s1. The van der Waals surface area contributed by atoms with Gasteiger partial charge in [-0.3, -0.25) is 14.4 Å². The molecule has 10 heteroatoms. The van der Waals surface area contributed by atoms with Gasteiger partial charge in [-0.25, -0.2) is 4.98 Å². The van der Waals surface area contributed by atoms with Crippen LogP contribution in [0.4, 0.5) is 17.2 Å². The van der Waals surface area contributed by atoms with Gasteiger partial charge in [-0.05, 0) is 86.2 Å². The molecule has 1 atom stereocenters. The minimum absolute atomic E-state index is 0.0153. The molecule has 1 saturated heterocycles. The summed E-state index contributed by atoms with van der Waals surface area (Å²) in [6, 6.07) is 20.5. The van der Waals surface area contributed by atoms with Crippen LogP contribution < -0.4 is 20.4 Å². The number of benzene rings is 2. The molecule has 4 heterocycles. The Balaban J connectivity index is 1.08. The van der Waals surface area contributed by atoms with Gasteiger partial charge in [-0.15, -0.1) is 11.3 Å². The minimum Gasteiger partial charge on any atom is -0.394 e. The van der Waals surface area contributed by atoms with Crippen LogP contribution in [0.5, 0.6) is 0 Å². The number of nitrogens with one attached hydrogen (secondary N) is 2. The van der Waals surface area contributed by atoms with Gasteiger partial charge >= 0.3 is 0 Å². The maximum absolute atomic E-state index is 13.8. The topological polar surface area (TPSA) is 115 Å². The summed E-state index contributed by atoms with van der Waals surface area (Å²) in [7, 11) is 0. The van der Waals surface area contributed by atoms with E-state index < -0.39 is 0 Å². The number of pyridine rings is 1. The maximum atomic E-state index is 13.8. The number of aliphatic hydroxyl groups is 1. The van der Waals surface area contributed by atoms with Crippen LogP contribution in [0.2, 0.25) is 0 Å². The van der Waals surface area contributed by atoms with Gasteiger partial charge in [0, 0.05) is 47.0 Å². The summed E-state index contributed by atoms with van der Waals surface area (Å²) in [5, 5.41) is 15.8. The van der Waals surface area contributed by atoms with Gasteiger partial charge < -0.3 is 25.5 Å². The molecule has 1 aliphatic carbocycles. The summed E-state index contributed by atoms with van der Waals surface area (Å²) < 4.78 is 0. The quantitative estimate of drug-likeness (QED) is 0.269. The van der Waals surface area contributed by atoms with Gasteiger partial charge in [0.15, 0.2) is 0 Å². The number of para-hydroxylation sites is 1. The molecule has 44 heavy (non-hydrogen) atoms. The highest BCUT2D eigenvalue weighted by Gasteiger charge is 2.30. The second kappa shape index (κ2) is 11.9. The zero-order valence-corrected chi connectivity index (χ0v) is 25.0. The average molecular weight is 608 g/mol. The van der Waals surface area contributed by atoms with E-state index in [2.05, 4.69) is 15.6 Å². The molecule has 2 aliphatic heterocycles. The lowest BCUT2D eigenvalue weighted by atomic mass is 10.1. The van der Waals surface area contributed by atoms with Gasteiger partial charge in [0.05, 0.1) is 28.8 Å². The third kappa shape index (κ3) is 5.46. The van der Waals surface area contributed by atoms with Gasteiger partial charge in [-0.2, -0.15) is 0 Å². The van der Waals surface area contributed by atoms with E-state index in [0.29, 0.717) is 46.5 Å². The third-order valence-electron chi connectivity index (χ3n) is 8.52. The van der Waals surface area contributed by atoms with Crippen molar-refractivity contribution >= 4 is 46.3 Å². The van der Waals surface area contributed by atoms with Crippen molar-refractivity contribution in [1.29, 1.82) is 0 Å². The van der Waals surface area contributed by atoms with E-state index in [-0.39, 0.29) is 30.4 Å². The molecule has 0 bridgehead atoms. The SMILES string of the molecule is O=C(NC1CC1)c1cc2c(s1)-c1ccccc1N(C(=O)c1ccc(NC(=O)c3cccnc3N3CCC[C@H]3CO)cc1)CC2. The molecular formula is C34H33N5O4S. The summed E-state index contributed by atoms with van der Waals surface area (Å²) in [5.74, 6) is 0.120. The lowest BCUT2D eigenvalue weighted by molar-refractivity contribution is 0.0952. The van der Waals surface area contributed by atoms with Crippen LogP contribution in [-0.2, 0) is 6.42 Å². The van der Waals surface area contributed by atoms with E-state index in [0.717, 1.165) is 53.9 Å². The van der Waals surface area contributed by atoms with Gasteiger partial charge in [-0.1, -0.05) is 18.2 Å². The molecule has 3 N–H and O–H groups in total. The van der Waals surface area contributed by atoms with Crippen molar-refractivity contribution in [2.24, 2.45) is 0 Å². The van der Waals surface area contributed by atoms with E-state index in [9.17, 15) is 19.5 Å². The highest BCUT2D eigenvalue weighted by molar-refractivity contribution is 7.17. The van der Waals surface area contributed by atoms with Crippen molar-refractivity contribution in [2.45, 2.75) is 44.2 Å². The van der Waals surface area contributed by atoms with E-state index in [4.69, 9.17) is 0 Å². The Hall–Kier alpha value is -4.54. The fraction of sp³-hybridized carbons (Fsp3) is 0.294. The lowest BCUT2D eigenvalue weighted by Gasteiger charge is -2.26. The summed E-state index contributed by atoms with van der Waals surface area (Å²) in [6.45, 7) is 1.24. The highest BCUT2D eigenvalue weighted by atomic mass is 32.1. The second-order valence-corrected chi connectivity index (χ2v) is 12.6. The molecule has 224 valence electrons. The Morgan fingerprint density at radius 2 is 1.77 bits per heavy atom. The number of aromatic nitrogens is 1. The average Bonchev–Trinajstić information content (AvgIpc) is 3.60. The van der Waals surface area contributed by atoms with Crippen molar-refractivity contribution in [2.75, 3.05) is 34.8 Å². The molecular weight excluding hydrogens is 574 g/mol. The Morgan fingerprint density at radius 3 is 2.57 bits per heavy atom. The molecule has 0 spiro atoms. The normalized spacial score (nSPS) is 17.4. The zero-order valence-electron chi connectivity index (χ0n) is 24.2. The van der Waals surface area contributed by atoms with E-state index >= 15 is 0 Å². The van der Waals surface area contributed by atoms with Crippen LogP contribution in [-0.4, -0.2) is 59.6 Å². The molecule has 0 radical (unpaired) electrons. The molecule has 3 amide bonds. The number of carbonyl (C=O) groups is 3. The van der Waals surface area contributed by atoms with Crippen molar-refractivity contribution in [1.82, 2.24) is 10.3 Å². The fourth-order valence-corrected chi connectivity index (χ4v) is 7.21. The van der Waals surface area contributed by atoms with E-state index in [1.54, 1.807) is 47.5 Å². The number of anilines is 3. The first-order chi connectivity index (χ1) is 21.5. The molecule has 7 rings (SSSR count). The Morgan fingerprint density at radius 1 is 0.955 bits per heavy atom. The summed E-state index contributed by atoms with van der Waals surface area (Å²) in [5.41, 5.74) is 4.35. The molecule has 2 aromatic carbocycles. The maximum Gasteiger partial charge on any atom is 0.261 e. The van der Waals surface area contributed by atoms with Crippen LogP contribution in [0.25, 0.3) is 10.4 Å². The van der Waals surface area contributed by atoms with Crippen molar-refractivity contribution < 1.29 is 19.5 Å². The molecule has 1 saturated carbocycles. The predicted octanol–water partition coefficient (Wildman–Crippen LogP) is 5.12. The van der Waals surface area contributed by atoms with Gasteiger partial charge in [0.1, 0.15) is 5.82 Å². The first-order valence-electron chi connectivity index (χ1n) is 15.1. The number of amides is 3. The Labute approximate surface area is 259 Å². The van der Waals surface area contributed by atoms with Crippen LogP contribution in [0.1, 0.15) is 61.6 Å². The number of hydrogen-bond donors (Lipinski definition) is 3. The predicted molar refractivity (Wildman–Crippen MR) is 172 cm³/mol. The van der Waals surface area contributed by atoms with Crippen LogP contribution in [0.15, 0.2) is 72.9 Å². The van der Waals surface area contributed by atoms with Crippen LogP contribution in [0.3, 0.4) is 0 Å². The van der Waals surface area contributed by atoms with Crippen molar-refractivity contribution in [3.05, 3.63) is 94.5 Å². The van der Waals surface area contributed by atoms with Crippen molar-refractivity contribution in [3.8, 4) is 10.4 Å². The first kappa shape index (κ1) is 28.2.